The van der Waals surface area contributed by atoms with E-state index in [9.17, 15) is 23.1 Å². The molecular formula is C25H24N2O7S. The Balaban J connectivity index is 1.76. The Bertz CT molecular complexity index is 1390. The highest BCUT2D eigenvalue weighted by Gasteiger charge is 2.36. The van der Waals surface area contributed by atoms with Crippen LogP contribution in [0.3, 0.4) is 0 Å². The van der Waals surface area contributed by atoms with E-state index in [1.807, 2.05) is 6.92 Å². The maximum Gasteiger partial charge on any atom is 0.273 e. The lowest BCUT2D eigenvalue weighted by molar-refractivity contribution is 0.0261. The molecule has 10 heteroatoms. The van der Waals surface area contributed by atoms with Gasteiger partial charge < -0.3 is 20.4 Å². The molecule has 0 amide bonds. The number of nitrogens with zero attached hydrogens (tertiary/aromatic N) is 1. The third-order valence-electron chi connectivity index (χ3n) is 5.52. The van der Waals surface area contributed by atoms with Gasteiger partial charge >= 0.3 is 0 Å². The number of hydrogen-bond acceptors (Lipinski definition) is 8. The van der Waals surface area contributed by atoms with E-state index in [2.05, 4.69) is 0 Å². The Hall–Kier alpha value is -3.73. The summed E-state index contributed by atoms with van der Waals surface area (Å²) in [6.45, 7) is 2.48. The molecule has 0 saturated carbocycles. The van der Waals surface area contributed by atoms with Gasteiger partial charge in [0, 0.05) is 30.4 Å². The number of nitrogens with two attached hydrogens (primary N) is 1. The molecule has 0 spiro atoms. The van der Waals surface area contributed by atoms with Crippen LogP contribution >= 0.6 is 0 Å². The van der Waals surface area contributed by atoms with Crippen molar-refractivity contribution >= 4 is 27.3 Å². The molecule has 1 aliphatic rings. The second-order valence-electron chi connectivity index (χ2n) is 7.75. The zero-order valence-electron chi connectivity index (χ0n) is 18.9. The molecule has 9 nitrogen and oxygen atoms in total. The molecule has 4 rings (SSSR count). The molecule has 3 aromatic rings. The fraction of sp³-hybridized carbons (Fsp3) is 0.200. The average Bonchev–Trinajstić information content (AvgIpc) is 2.86. The van der Waals surface area contributed by atoms with Crippen molar-refractivity contribution in [3.05, 3.63) is 82.9 Å². The van der Waals surface area contributed by atoms with Crippen LogP contribution in [0.5, 0.6) is 11.5 Å². The largest absolute Gasteiger partial charge is 0.507 e. The standard InChI is InChI=1S/C25H24N2O7S/c1-2-33-14-8-13-27(35(31,32)16-9-4-3-5-10-16)34-20-15-19(28)21-22(23(20)26)25(30)18-12-7-6-11-17(18)24(21)29/h3-7,9-12,15,28H,2,8,13-14,26H2,1H3. The van der Waals surface area contributed by atoms with Crippen molar-refractivity contribution in [2.75, 3.05) is 25.5 Å². The van der Waals surface area contributed by atoms with Gasteiger partial charge in [0.2, 0.25) is 0 Å². The number of hydroxylamine groups is 1. The molecule has 0 aromatic heterocycles. The maximum absolute atomic E-state index is 13.3. The normalized spacial score (nSPS) is 13.0. The van der Waals surface area contributed by atoms with Gasteiger partial charge in [-0.05, 0) is 29.9 Å². The summed E-state index contributed by atoms with van der Waals surface area (Å²) < 4.78 is 32.6. The van der Waals surface area contributed by atoms with Gasteiger partial charge in [0.15, 0.2) is 17.3 Å². The van der Waals surface area contributed by atoms with Gasteiger partial charge in [-0.1, -0.05) is 42.5 Å². The number of carbonyl (C=O) groups is 2. The molecule has 3 aromatic carbocycles. The van der Waals surface area contributed by atoms with Crippen LogP contribution in [0.15, 0.2) is 65.6 Å². The minimum atomic E-state index is -4.14. The molecule has 0 unspecified atom stereocenters. The van der Waals surface area contributed by atoms with Gasteiger partial charge in [0.05, 0.1) is 28.3 Å². The number of phenols is 1. The van der Waals surface area contributed by atoms with E-state index in [1.165, 1.54) is 24.3 Å². The topological polar surface area (TPSA) is 136 Å². The van der Waals surface area contributed by atoms with E-state index in [1.54, 1.807) is 30.3 Å². The molecule has 182 valence electrons. The lowest BCUT2D eigenvalue weighted by Gasteiger charge is -2.25. The molecule has 0 bridgehead atoms. The predicted octanol–water partition coefficient (Wildman–Crippen LogP) is 3.16. The number of ether oxygens (including phenoxy) is 1. The summed E-state index contributed by atoms with van der Waals surface area (Å²) in [6.07, 6.45) is 0.307. The zero-order valence-corrected chi connectivity index (χ0v) is 19.7. The Morgan fingerprint density at radius 3 is 2.17 bits per heavy atom. The molecule has 0 aliphatic heterocycles. The number of carbonyl (C=O) groups excluding carboxylic acids is 2. The van der Waals surface area contributed by atoms with Crippen LogP contribution in [0.25, 0.3) is 0 Å². The second-order valence-corrected chi connectivity index (χ2v) is 9.58. The molecule has 0 fully saturated rings. The molecular weight excluding hydrogens is 472 g/mol. The number of ketones is 2. The van der Waals surface area contributed by atoms with Crippen molar-refractivity contribution in [2.45, 2.75) is 18.2 Å². The van der Waals surface area contributed by atoms with Crippen molar-refractivity contribution in [2.24, 2.45) is 0 Å². The van der Waals surface area contributed by atoms with Crippen molar-refractivity contribution in [1.82, 2.24) is 4.47 Å². The first-order chi connectivity index (χ1) is 16.8. The van der Waals surface area contributed by atoms with E-state index < -0.39 is 27.3 Å². The minimum absolute atomic E-state index is 0.0163. The van der Waals surface area contributed by atoms with Gasteiger partial charge in [0.1, 0.15) is 5.75 Å². The van der Waals surface area contributed by atoms with Crippen molar-refractivity contribution < 1.29 is 32.7 Å². The second kappa shape index (κ2) is 9.87. The van der Waals surface area contributed by atoms with Gasteiger partial charge in [-0.15, -0.1) is 0 Å². The highest BCUT2D eigenvalue weighted by Crippen LogP contribution is 2.41. The number of aromatic hydroxyl groups is 1. The number of benzene rings is 3. The summed E-state index contributed by atoms with van der Waals surface area (Å²) >= 11 is 0. The van der Waals surface area contributed by atoms with Crippen LogP contribution < -0.4 is 10.6 Å². The molecule has 35 heavy (non-hydrogen) atoms. The number of sulfonamides is 1. The highest BCUT2D eigenvalue weighted by molar-refractivity contribution is 7.89. The van der Waals surface area contributed by atoms with Crippen molar-refractivity contribution in [1.29, 1.82) is 0 Å². The smallest absolute Gasteiger partial charge is 0.273 e. The molecule has 0 radical (unpaired) electrons. The average molecular weight is 497 g/mol. The van der Waals surface area contributed by atoms with Crippen molar-refractivity contribution in [3.8, 4) is 11.5 Å². The van der Waals surface area contributed by atoms with Crippen LogP contribution in [0.1, 0.15) is 45.2 Å². The van der Waals surface area contributed by atoms with Crippen LogP contribution in [-0.2, 0) is 14.8 Å². The summed E-state index contributed by atoms with van der Waals surface area (Å²) in [6, 6.07) is 14.9. The molecule has 3 N–H and O–H groups in total. The lowest BCUT2D eigenvalue weighted by Crippen LogP contribution is -2.36. The Kier molecular flexibility index (Phi) is 6.88. The van der Waals surface area contributed by atoms with Gasteiger partial charge in [-0.3, -0.25) is 9.59 Å². The first-order valence-corrected chi connectivity index (χ1v) is 12.4. The van der Waals surface area contributed by atoms with Crippen LogP contribution in [0.2, 0.25) is 0 Å². The lowest BCUT2D eigenvalue weighted by atomic mass is 9.82. The summed E-state index contributed by atoms with van der Waals surface area (Å²) in [5, 5.41) is 10.7. The van der Waals surface area contributed by atoms with E-state index >= 15 is 0 Å². The number of fused-ring (bicyclic) bond motifs is 2. The summed E-state index contributed by atoms with van der Waals surface area (Å²) in [7, 11) is -4.14. The third-order valence-corrected chi connectivity index (χ3v) is 7.18. The minimum Gasteiger partial charge on any atom is -0.507 e. The number of rotatable bonds is 9. The number of nitrogen functional groups attached to an aromatic ring is 1. The van der Waals surface area contributed by atoms with E-state index in [0.717, 1.165) is 10.5 Å². The summed E-state index contributed by atoms with van der Waals surface area (Å²) in [5.74, 6) is -1.93. The summed E-state index contributed by atoms with van der Waals surface area (Å²) in [5.41, 5.74) is 5.81. The summed E-state index contributed by atoms with van der Waals surface area (Å²) in [4.78, 5) is 31.8. The number of anilines is 1. The Morgan fingerprint density at radius 1 is 0.943 bits per heavy atom. The SMILES string of the molecule is CCOCCCN(Oc1cc(O)c2c(c1N)C(=O)c1ccccc1C2=O)S(=O)(=O)c1ccccc1. The Labute approximate surface area is 202 Å². The number of hydrogen-bond donors (Lipinski definition) is 2. The van der Waals surface area contributed by atoms with Gasteiger partial charge in [-0.25, -0.2) is 8.42 Å². The van der Waals surface area contributed by atoms with E-state index in [-0.39, 0.29) is 51.7 Å². The Morgan fingerprint density at radius 2 is 1.54 bits per heavy atom. The quantitative estimate of drug-likeness (QED) is 0.156. The first-order valence-electron chi connectivity index (χ1n) is 10.9. The first kappa shape index (κ1) is 24.4. The van der Waals surface area contributed by atoms with Crippen LogP contribution in [0.4, 0.5) is 5.69 Å². The monoisotopic (exact) mass is 496 g/mol. The van der Waals surface area contributed by atoms with Crippen molar-refractivity contribution in [3.63, 3.8) is 0 Å². The van der Waals surface area contributed by atoms with Gasteiger partial charge in [0.25, 0.3) is 10.0 Å². The van der Waals surface area contributed by atoms with E-state index in [0.29, 0.717) is 13.0 Å². The van der Waals surface area contributed by atoms with Crippen LogP contribution in [0, 0.1) is 0 Å². The third kappa shape index (κ3) is 4.51. The fourth-order valence-electron chi connectivity index (χ4n) is 3.82. The fourth-order valence-corrected chi connectivity index (χ4v) is 5.11. The maximum atomic E-state index is 13.3. The van der Waals surface area contributed by atoms with Gasteiger partial charge in [-0.2, -0.15) is 0 Å². The predicted molar refractivity (Wildman–Crippen MR) is 128 cm³/mol. The van der Waals surface area contributed by atoms with E-state index in [4.69, 9.17) is 15.3 Å². The van der Waals surface area contributed by atoms with Crippen LogP contribution in [-0.4, -0.2) is 49.3 Å². The molecule has 0 atom stereocenters. The zero-order chi connectivity index (χ0) is 25.2. The molecule has 0 heterocycles. The number of phenolic OH excluding ortho intramolecular Hbond substituents is 1. The molecule has 0 saturated heterocycles. The molecule has 1 aliphatic carbocycles. The highest BCUT2D eigenvalue weighted by atomic mass is 32.2.